The summed E-state index contributed by atoms with van der Waals surface area (Å²) in [6.45, 7) is 9.83. The number of nitrogen functional groups attached to an aromatic ring is 1. The number of rotatable bonds is 3. The second-order valence-electron chi connectivity index (χ2n) is 6.92. The summed E-state index contributed by atoms with van der Waals surface area (Å²) < 4.78 is 6.11. The predicted molar refractivity (Wildman–Crippen MR) is 87.7 cm³/mol. The van der Waals surface area contributed by atoms with Crippen molar-refractivity contribution >= 4 is 11.4 Å². The van der Waals surface area contributed by atoms with E-state index >= 15 is 0 Å². The van der Waals surface area contributed by atoms with E-state index in [0.29, 0.717) is 6.10 Å². The molecule has 2 heterocycles. The van der Waals surface area contributed by atoms with Gasteiger partial charge in [-0.2, -0.15) is 0 Å². The highest BCUT2D eigenvalue weighted by molar-refractivity contribution is 5.56. The van der Waals surface area contributed by atoms with Gasteiger partial charge in [0.05, 0.1) is 11.7 Å². The standard InChI is InChI=1S/C17H27N3O/c1-17(2)7-6-16(21-17)13-19-8-10-20(11-9-19)15-5-3-4-14(18)12-15/h3-5,12,16H,6-11,13,18H2,1-2H3. The molecule has 21 heavy (non-hydrogen) atoms. The van der Waals surface area contributed by atoms with Gasteiger partial charge in [-0.05, 0) is 44.9 Å². The summed E-state index contributed by atoms with van der Waals surface area (Å²) in [5, 5.41) is 0. The summed E-state index contributed by atoms with van der Waals surface area (Å²) in [7, 11) is 0. The fraction of sp³-hybridized carbons (Fsp3) is 0.647. The number of nitrogens with two attached hydrogens (primary N) is 1. The van der Waals surface area contributed by atoms with Crippen LogP contribution in [0.25, 0.3) is 0 Å². The first-order valence-corrected chi connectivity index (χ1v) is 8.02. The Kier molecular flexibility index (Phi) is 4.09. The highest BCUT2D eigenvalue weighted by atomic mass is 16.5. The Morgan fingerprint density at radius 3 is 2.62 bits per heavy atom. The molecule has 116 valence electrons. The smallest absolute Gasteiger partial charge is 0.0710 e. The molecule has 0 aliphatic carbocycles. The molecule has 4 nitrogen and oxygen atoms in total. The van der Waals surface area contributed by atoms with Crippen LogP contribution in [0.4, 0.5) is 11.4 Å². The average molecular weight is 289 g/mol. The molecule has 4 heteroatoms. The topological polar surface area (TPSA) is 41.7 Å². The number of benzene rings is 1. The number of hydrogen-bond acceptors (Lipinski definition) is 4. The van der Waals surface area contributed by atoms with Gasteiger partial charge in [0.25, 0.3) is 0 Å². The first-order chi connectivity index (χ1) is 10.0. The fourth-order valence-electron chi connectivity index (χ4n) is 3.40. The van der Waals surface area contributed by atoms with Crippen LogP contribution in [-0.2, 0) is 4.74 Å². The Labute approximate surface area is 127 Å². The molecule has 0 amide bonds. The van der Waals surface area contributed by atoms with E-state index in [0.717, 1.165) is 38.4 Å². The zero-order valence-corrected chi connectivity index (χ0v) is 13.2. The van der Waals surface area contributed by atoms with Gasteiger partial charge in [-0.15, -0.1) is 0 Å². The zero-order valence-electron chi connectivity index (χ0n) is 13.2. The van der Waals surface area contributed by atoms with Crippen molar-refractivity contribution in [2.24, 2.45) is 0 Å². The molecule has 0 aromatic heterocycles. The first kappa shape index (κ1) is 14.7. The van der Waals surface area contributed by atoms with Crippen molar-refractivity contribution in [2.45, 2.75) is 38.4 Å². The third kappa shape index (κ3) is 3.69. The number of nitrogens with zero attached hydrogens (tertiary/aromatic N) is 2. The van der Waals surface area contributed by atoms with Gasteiger partial charge in [0.1, 0.15) is 0 Å². The molecule has 3 rings (SSSR count). The van der Waals surface area contributed by atoms with Crippen molar-refractivity contribution in [1.82, 2.24) is 4.90 Å². The Balaban J connectivity index is 1.49. The van der Waals surface area contributed by atoms with Gasteiger partial charge < -0.3 is 15.4 Å². The third-order valence-electron chi connectivity index (χ3n) is 4.62. The minimum atomic E-state index is 0.0774. The Morgan fingerprint density at radius 2 is 2.00 bits per heavy atom. The monoisotopic (exact) mass is 289 g/mol. The molecule has 2 saturated heterocycles. The Hall–Kier alpha value is -1.26. The molecule has 0 radical (unpaired) electrons. The van der Waals surface area contributed by atoms with Crippen LogP contribution in [0.15, 0.2) is 24.3 Å². The molecule has 0 saturated carbocycles. The largest absolute Gasteiger partial charge is 0.399 e. The Morgan fingerprint density at radius 1 is 1.24 bits per heavy atom. The highest BCUT2D eigenvalue weighted by Crippen LogP contribution is 2.30. The van der Waals surface area contributed by atoms with Gasteiger partial charge in [0.15, 0.2) is 0 Å². The molecular weight excluding hydrogens is 262 g/mol. The molecule has 1 aromatic carbocycles. The molecule has 2 N–H and O–H groups in total. The van der Waals surface area contributed by atoms with Gasteiger partial charge in [0.2, 0.25) is 0 Å². The molecule has 1 unspecified atom stereocenters. The molecule has 1 aromatic rings. The van der Waals surface area contributed by atoms with Gasteiger partial charge in [-0.1, -0.05) is 6.07 Å². The summed E-state index contributed by atoms with van der Waals surface area (Å²) in [4.78, 5) is 4.96. The molecule has 2 aliphatic heterocycles. The highest BCUT2D eigenvalue weighted by Gasteiger charge is 2.33. The minimum absolute atomic E-state index is 0.0774. The average Bonchev–Trinajstić information content (AvgIpc) is 2.79. The predicted octanol–water partition coefficient (Wildman–Crippen LogP) is 2.35. The molecule has 2 fully saturated rings. The van der Waals surface area contributed by atoms with Crippen LogP contribution in [0.5, 0.6) is 0 Å². The number of ether oxygens (including phenoxy) is 1. The van der Waals surface area contributed by atoms with Gasteiger partial charge in [-0.25, -0.2) is 0 Å². The lowest BCUT2D eigenvalue weighted by molar-refractivity contribution is -0.0291. The summed E-state index contributed by atoms with van der Waals surface area (Å²) in [6, 6.07) is 8.19. The second-order valence-corrected chi connectivity index (χ2v) is 6.92. The molecule has 0 bridgehead atoms. The van der Waals surface area contributed by atoms with E-state index in [-0.39, 0.29) is 5.60 Å². The maximum Gasteiger partial charge on any atom is 0.0710 e. The summed E-state index contributed by atoms with van der Waals surface area (Å²) in [5.41, 5.74) is 8.04. The van der Waals surface area contributed by atoms with Gasteiger partial charge in [-0.3, -0.25) is 4.90 Å². The van der Waals surface area contributed by atoms with E-state index < -0.39 is 0 Å². The lowest BCUT2D eigenvalue weighted by atomic mass is 10.1. The van der Waals surface area contributed by atoms with Crippen LogP contribution in [0.1, 0.15) is 26.7 Å². The summed E-state index contributed by atoms with van der Waals surface area (Å²) >= 11 is 0. The molecular formula is C17H27N3O. The van der Waals surface area contributed by atoms with E-state index in [1.54, 1.807) is 0 Å². The van der Waals surface area contributed by atoms with Crippen molar-refractivity contribution in [2.75, 3.05) is 43.4 Å². The quantitative estimate of drug-likeness (QED) is 0.867. The summed E-state index contributed by atoms with van der Waals surface area (Å²) in [5.74, 6) is 0. The van der Waals surface area contributed by atoms with Crippen LogP contribution in [0, 0.1) is 0 Å². The Bertz CT molecular complexity index is 481. The lowest BCUT2D eigenvalue weighted by Crippen LogP contribution is -2.48. The van der Waals surface area contributed by atoms with Crippen molar-refractivity contribution in [3.05, 3.63) is 24.3 Å². The van der Waals surface area contributed by atoms with E-state index in [9.17, 15) is 0 Å². The lowest BCUT2D eigenvalue weighted by Gasteiger charge is -2.37. The minimum Gasteiger partial charge on any atom is -0.399 e. The van der Waals surface area contributed by atoms with E-state index in [1.165, 1.54) is 18.5 Å². The summed E-state index contributed by atoms with van der Waals surface area (Å²) in [6.07, 6.45) is 2.79. The second kappa shape index (κ2) is 5.85. The number of anilines is 2. The number of hydrogen-bond donors (Lipinski definition) is 1. The SMILES string of the molecule is CC1(C)CCC(CN2CCN(c3cccc(N)c3)CC2)O1. The number of piperazine rings is 1. The van der Waals surface area contributed by atoms with E-state index in [1.807, 2.05) is 12.1 Å². The van der Waals surface area contributed by atoms with E-state index in [4.69, 9.17) is 10.5 Å². The maximum atomic E-state index is 6.11. The van der Waals surface area contributed by atoms with Crippen molar-refractivity contribution in [1.29, 1.82) is 0 Å². The van der Waals surface area contributed by atoms with Gasteiger partial charge in [0, 0.05) is 44.1 Å². The fourth-order valence-corrected chi connectivity index (χ4v) is 3.40. The first-order valence-electron chi connectivity index (χ1n) is 8.02. The normalized spacial score (nSPS) is 26.2. The van der Waals surface area contributed by atoms with Crippen LogP contribution >= 0.6 is 0 Å². The van der Waals surface area contributed by atoms with Crippen LogP contribution in [0.3, 0.4) is 0 Å². The maximum absolute atomic E-state index is 6.11. The van der Waals surface area contributed by atoms with Crippen LogP contribution in [-0.4, -0.2) is 49.3 Å². The molecule has 2 aliphatic rings. The van der Waals surface area contributed by atoms with Crippen molar-refractivity contribution < 1.29 is 4.74 Å². The molecule has 1 atom stereocenters. The van der Waals surface area contributed by atoms with E-state index in [2.05, 4.69) is 35.8 Å². The molecule has 0 spiro atoms. The van der Waals surface area contributed by atoms with Crippen molar-refractivity contribution in [3.63, 3.8) is 0 Å². The van der Waals surface area contributed by atoms with Crippen LogP contribution < -0.4 is 10.6 Å². The van der Waals surface area contributed by atoms with Crippen LogP contribution in [0.2, 0.25) is 0 Å². The van der Waals surface area contributed by atoms with Gasteiger partial charge >= 0.3 is 0 Å². The third-order valence-corrected chi connectivity index (χ3v) is 4.62. The zero-order chi connectivity index (χ0) is 14.9. The van der Waals surface area contributed by atoms with Crippen molar-refractivity contribution in [3.8, 4) is 0 Å².